The maximum absolute atomic E-state index is 5.04. The molecule has 90 valence electrons. The van der Waals surface area contributed by atoms with Gasteiger partial charge in [0.05, 0.1) is 12.5 Å². The monoisotopic (exact) mass is 222 g/mol. The maximum Gasteiger partial charge on any atom is 0.0947 e. The molecule has 16 heavy (non-hydrogen) atoms. The van der Waals surface area contributed by atoms with Gasteiger partial charge in [-0.1, -0.05) is 13.3 Å². The molecule has 2 rings (SSSR count). The van der Waals surface area contributed by atoms with Gasteiger partial charge in [0.15, 0.2) is 0 Å². The van der Waals surface area contributed by atoms with E-state index in [4.69, 9.17) is 4.42 Å². The van der Waals surface area contributed by atoms with E-state index in [9.17, 15) is 0 Å². The highest BCUT2D eigenvalue weighted by Gasteiger charge is 2.19. The van der Waals surface area contributed by atoms with Crippen LogP contribution in [-0.2, 0) is 6.54 Å². The molecule has 0 amide bonds. The lowest BCUT2D eigenvalue weighted by Crippen LogP contribution is -2.44. The summed E-state index contributed by atoms with van der Waals surface area (Å²) in [4.78, 5) is 0. The molecule has 1 aliphatic rings. The van der Waals surface area contributed by atoms with Crippen molar-refractivity contribution in [1.82, 2.24) is 10.6 Å². The summed E-state index contributed by atoms with van der Waals surface area (Å²) in [5.41, 5.74) is 1.22. The largest absolute Gasteiger partial charge is 0.472 e. The van der Waals surface area contributed by atoms with Gasteiger partial charge in [-0.05, 0) is 31.4 Å². The van der Waals surface area contributed by atoms with Gasteiger partial charge in [0.25, 0.3) is 0 Å². The molecular formula is C13H22N2O. The van der Waals surface area contributed by atoms with Gasteiger partial charge in [-0.25, -0.2) is 0 Å². The molecule has 0 aromatic carbocycles. The summed E-state index contributed by atoms with van der Waals surface area (Å²) in [7, 11) is 0. The standard InChI is InChI=1S/C13H22N2O/c1-2-11-3-5-15-13(7-11)9-14-8-12-4-6-16-10-12/h4,6,10-11,13-15H,2-3,5,7-9H2,1H3. The minimum atomic E-state index is 0.644. The topological polar surface area (TPSA) is 37.2 Å². The number of piperidine rings is 1. The average molecular weight is 222 g/mol. The summed E-state index contributed by atoms with van der Waals surface area (Å²) >= 11 is 0. The lowest BCUT2D eigenvalue weighted by Gasteiger charge is -2.29. The number of furan rings is 1. The Morgan fingerprint density at radius 1 is 1.56 bits per heavy atom. The van der Waals surface area contributed by atoms with Crippen LogP contribution in [0.5, 0.6) is 0 Å². The van der Waals surface area contributed by atoms with Crippen molar-refractivity contribution in [2.45, 2.75) is 38.8 Å². The molecule has 2 atom stereocenters. The van der Waals surface area contributed by atoms with E-state index in [1.54, 1.807) is 12.5 Å². The van der Waals surface area contributed by atoms with E-state index in [0.29, 0.717) is 6.04 Å². The highest BCUT2D eigenvalue weighted by atomic mass is 16.3. The first kappa shape index (κ1) is 11.7. The van der Waals surface area contributed by atoms with Gasteiger partial charge in [0.2, 0.25) is 0 Å². The molecule has 3 nitrogen and oxygen atoms in total. The first-order chi connectivity index (χ1) is 7.88. The highest BCUT2D eigenvalue weighted by molar-refractivity contribution is 5.04. The number of rotatable bonds is 5. The van der Waals surface area contributed by atoms with Crippen LogP contribution < -0.4 is 10.6 Å². The molecule has 2 N–H and O–H groups in total. The Balaban J connectivity index is 1.65. The average Bonchev–Trinajstić information content (AvgIpc) is 2.82. The van der Waals surface area contributed by atoms with Gasteiger partial charge in [-0.15, -0.1) is 0 Å². The molecule has 0 radical (unpaired) electrons. The van der Waals surface area contributed by atoms with E-state index in [0.717, 1.165) is 19.0 Å². The third-order valence-electron chi connectivity index (χ3n) is 3.48. The van der Waals surface area contributed by atoms with Crippen molar-refractivity contribution in [1.29, 1.82) is 0 Å². The van der Waals surface area contributed by atoms with Gasteiger partial charge in [0.1, 0.15) is 0 Å². The van der Waals surface area contributed by atoms with Crippen LogP contribution in [0, 0.1) is 5.92 Å². The molecular weight excluding hydrogens is 200 g/mol. The molecule has 1 fully saturated rings. The van der Waals surface area contributed by atoms with Gasteiger partial charge < -0.3 is 15.1 Å². The molecule has 0 aliphatic carbocycles. The van der Waals surface area contributed by atoms with Crippen LogP contribution in [0.1, 0.15) is 31.7 Å². The maximum atomic E-state index is 5.04. The SMILES string of the molecule is CCC1CCNC(CNCc2ccoc2)C1. The van der Waals surface area contributed by atoms with E-state index in [1.165, 1.54) is 31.4 Å². The normalized spacial score (nSPS) is 25.8. The third-order valence-corrected chi connectivity index (χ3v) is 3.48. The molecule has 1 saturated heterocycles. The predicted molar refractivity (Wildman–Crippen MR) is 65.2 cm³/mol. The summed E-state index contributed by atoms with van der Waals surface area (Å²) in [6.07, 6.45) is 7.50. The van der Waals surface area contributed by atoms with Crippen LogP contribution in [0.15, 0.2) is 23.0 Å². The fourth-order valence-corrected chi connectivity index (χ4v) is 2.41. The van der Waals surface area contributed by atoms with Gasteiger partial charge in [0, 0.05) is 24.7 Å². The molecule has 0 spiro atoms. The van der Waals surface area contributed by atoms with Crippen molar-refractivity contribution in [2.24, 2.45) is 5.92 Å². The van der Waals surface area contributed by atoms with E-state index in [2.05, 4.69) is 17.6 Å². The predicted octanol–water partition coefficient (Wildman–Crippen LogP) is 2.15. The molecule has 0 bridgehead atoms. The van der Waals surface area contributed by atoms with E-state index >= 15 is 0 Å². The van der Waals surface area contributed by atoms with Crippen molar-refractivity contribution in [3.63, 3.8) is 0 Å². The molecule has 1 aromatic rings. The fourth-order valence-electron chi connectivity index (χ4n) is 2.41. The smallest absolute Gasteiger partial charge is 0.0947 e. The number of nitrogens with one attached hydrogen (secondary N) is 2. The quantitative estimate of drug-likeness (QED) is 0.801. The number of hydrogen-bond acceptors (Lipinski definition) is 3. The Morgan fingerprint density at radius 3 is 3.25 bits per heavy atom. The number of hydrogen-bond donors (Lipinski definition) is 2. The fraction of sp³-hybridized carbons (Fsp3) is 0.692. The van der Waals surface area contributed by atoms with Crippen LogP contribution in [0.2, 0.25) is 0 Å². The lowest BCUT2D eigenvalue weighted by molar-refractivity contribution is 0.288. The second kappa shape index (κ2) is 6.06. The van der Waals surface area contributed by atoms with Crippen LogP contribution >= 0.6 is 0 Å². The van der Waals surface area contributed by atoms with Crippen LogP contribution in [0.3, 0.4) is 0 Å². The first-order valence-corrected chi connectivity index (χ1v) is 6.33. The van der Waals surface area contributed by atoms with Gasteiger partial charge >= 0.3 is 0 Å². The zero-order valence-corrected chi connectivity index (χ0v) is 10.0. The van der Waals surface area contributed by atoms with Crippen LogP contribution in [0.4, 0.5) is 0 Å². The Morgan fingerprint density at radius 2 is 2.50 bits per heavy atom. The zero-order chi connectivity index (χ0) is 11.2. The lowest BCUT2D eigenvalue weighted by atomic mass is 9.90. The Bertz CT molecular complexity index is 284. The van der Waals surface area contributed by atoms with E-state index in [1.807, 2.05) is 6.07 Å². The van der Waals surface area contributed by atoms with E-state index in [-0.39, 0.29) is 0 Å². The Kier molecular flexibility index (Phi) is 4.43. The summed E-state index contributed by atoms with van der Waals surface area (Å²) in [6.45, 7) is 5.44. The van der Waals surface area contributed by atoms with Gasteiger partial charge in [-0.3, -0.25) is 0 Å². The zero-order valence-electron chi connectivity index (χ0n) is 10.0. The summed E-state index contributed by atoms with van der Waals surface area (Å²) in [5.74, 6) is 0.918. The van der Waals surface area contributed by atoms with Crippen molar-refractivity contribution in [3.05, 3.63) is 24.2 Å². The highest BCUT2D eigenvalue weighted by Crippen LogP contribution is 2.18. The third kappa shape index (κ3) is 3.35. The summed E-state index contributed by atoms with van der Waals surface area (Å²) in [5, 5.41) is 7.06. The second-order valence-corrected chi connectivity index (χ2v) is 4.71. The minimum absolute atomic E-state index is 0.644. The van der Waals surface area contributed by atoms with Crippen molar-refractivity contribution in [2.75, 3.05) is 13.1 Å². The Labute approximate surface area is 97.6 Å². The van der Waals surface area contributed by atoms with Crippen molar-refractivity contribution in [3.8, 4) is 0 Å². The summed E-state index contributed by atoms with van der Waals surface area (Å²) in [6, 6.07) is 2.65. The summed E-state index contributed by atoms with van der Waals surface area (Å²) < 4.78 is 5.04. The molecule has 0 saturated carbocycles. The van der Waals surface area contributed by atoms with E-state index < -0.39 is 0 Å². The minimum Gasteiger partial charge on any atom is -0.472 e. The van der Waals surface area contributed by atoms with Crippen molar-refractivity contribution >= 4 is 0 Å². The Hall–Kier alpha value is -0.800. The second-order valence-electron chi connectivity index (χ2n) is 4.71. The molecule has 3 heteroatoms. The van der Waals surface area contributed by atoms with Crippen molar-refractivity contribution < 1.29 is 4.42 Å². The first-order valence-electron chi connectivity index (χ1n) is 6.33. The van der Waals surface area contributed by atoms with Crippen LogP contribution in [-0.4, -0.2) is 19.1 Å². The molecule has 2 unspecified atom stereocenters. The van der Waals surface area contributed by atoms with Crippen LogP contribution in [0.25, 0.3) is 0 Å². The van der Waals surface area contributed by atoms with Gasteiger partial charge in [-0.2, -0.15) is 0 Å². The molecule has 1 aromatic heterocycles. The molecule has 2 heterocycles. The molecule has 1 aliphatic heterocycles.